The summed E-state index contributed by atoms with van der Waals surface area (Å²) < 4.78 is 21.8. The van der Waals surface area contributed by atoms with Crippen molar-refractivity contribution in [3.8, 4) is 23.0 Å². The van der Waals surface area contributed by atoms with Crippen molar-refractivity contribution in [3.05, 3.63) is 59.5 Å². The summed E-state index contributed by atoms with van der Waals surface area (Å²) in [6.45, 7) is 5.99. The molecular weight excluding hydrogens is 360 g/mol. The van der Waals surface area contributed by atoms with Gasteiger partial charge in [-0.1, -0.05) is 17.7 Å². The quantitative estimate of drug-likeness (QED) is 0.561. The van der Waals surface area contributed by atoms with Gasteiger partial charge in [0.2, 0.25) is 5.89 Å². The van der Waals surface area contributed by atoms with E-state index in [-0.39, 0.29) is 5.89 Å². The van der Waals surface area contributed by atoms with Crippen molar-refractivity contribution < 1.29 is 23.4 Å². The average Bonchev–Trinajstić information content (AvgIpc) is 3.19. The van der Waals surface area contributed by atoms with Gasteiger partial charge in [0.25, 0.3) is 5.89 Å². The number of rotatable bonds is 7. The van der Waals surface area contributed by atoms with Crippen LogP contribution in [0.25, 0.3) is 11.5 Å². The van der Waals surface area contributed by atoms with Crippen molar-refractivity contribution in [1.29, 1.82) is 0 Å². The van der Waals surface area contributed by atoms with Gasteiger partial charge in [0.1, 0.15) is 0 Å². The van der Waals surface area contributed by atoms with Crippen LogP contribution in [0.2, 0.25) is 0 Å². The van der Waals surface area contributed by atoms with Crippen LogP contribution in [0.3, 0.4) is 0 Å². The molecule has 0 aliphatic heterocycles. The summed E-state index contributed by atoms with van der Waals surface area (Å²) >= 11 is 0. The fraction of sp³-hybridized carbons (Fsp3) is 0.286. The van der Waals surface area contributed by atoms with Crippen LogP contribution in [0.4, 0.5) is 0 Å². The van der Waals surface area contributed by atoms with Crippen LogP contribution in [0.5, 0.6) is 11.5 Å². The largest absolute Gasteiger partial charge is 0.493 e. The maximum absolute atomic E-state index is 12.5. The summed E-state index contributed by atoms with van der Waals surface area (Å²) in [6.07, 6.45) is -0.697. The molecule has 1 unspecified atom stereocenters. The topological polar surface area (TPSA) is 83.7 Å². The van der Waals surface area contributed by atoms with Gasteiger partial charge in [-0.2, -0.15) is 0 Å². The Balaban J connectivity index is 1.72. The van der Waals surface area contributed by atoms with Gasteiger partial charge in [0.05, 0.1) is 19.3 Å². The number of hydrogen-bond donors (Lipinski definition) is 0. The monoisotopic (exact) mass is 382 g/mol. The number of nitrogens with zero attached hydrogens (tertiary/aromatic N) is 2. The van der Waals surface area contributed by atoms with Gasteiger partial charge in [0.15, 0.2) is 17.6 Å². The van der Waals surface area contributed by atoms with E-state index in [0.717, 1.165) is 11.1 Å². The molecule has 0 fully saturated rings. The fourth-order valence-corrected chi connectivity index (χ4v) is 2.56. The minimum atomic E-state index is -0.697. The van der Waals surface area contributed by atoms with E-state index in [2.05, 4.69) is 10.2 Å². The lowest BCUT2D eigenvalue weighted by Crippen LogP contribution is -2.10. The Morgan fingerprint density at radius 1 is 1.11 bits per heavy atom. The van der Waals surface area contributed by atoms with Crippen molar-refractivity contribution in [2.75, 3.05) is 13.7 Å². The van der Waals surface area contributed by atoms with Crippen LogP contribution in [-0.4, -0.2) is 29.9 Å². The molecule has 7 nitrogen and oxygen atoms in total. The van der Waals surface area contributed by atoms with E-state index in [1.807, 2.05) is 38.1 Å². The number of carbonyl (C=O) groups excluding carboxylic acids is 1. The Kier molecular flexibility index (Phi) is 5.93. The molecular formula is C21H22N2O5. The van der Waals surface area contributed by atoms with Gasteiger partial charge in [-0.25, -0.2) is 4.79 Å². The molecule has 0 aliphatic rings. The first kappa shape index (κ1) is 19.4. The minimum absolute atomic E-state index is 0.225. The lowest BCUT2D eigenvalue weighted by molar-refractivity contribution is 0.0279. The van der Waals surface area contributed by atoms with Gasteiger partial charge in [-0.15, -0.1) is 10.2 Å². The number of benzene rings is 2. The van der Waals surface area contributed by atoms with Gasteiger partial charge in [0, 0.05) is 5.56 Å². The SMILES string of the molecule is CCOc1cc(C(=O)OC(C)c2nnc(-c3ccc(C)cc3)o2)ccc1OC. The Bertz CT molecular complexity index is 950. The molecule has 0 amide bonds. The summed E-state index contributed by atoms with van der Waals surface area (Å²) in [5.74, 6) is 1.10. The molecule has 28 heavy (non-hydrogen) atoms. The maximum atomic E-state index is 12.5. The van der Waals surface area contributed by atoms with Gasteiger partial charge >= 0.3 is 5.97 Å². The predicted molar refractivity (Wildman–Crippen MR) is 102 cm³/mol. The number of hydrogen-bond acceptors (Lipinski definition) is 7. The number of aromatic nitrogens is 2. The Labute approximate surface area is 163 Å². The molecule has 1 aromatic heterocycles. The third-order valence-corrected chi connectivity index (χ3v) is 4.07. The maximum Gasteiger partial charge on any atom is 0.339 e. The van der Waals surface area contributed by atoms with Gasteiger partial charge < -0.3 is 18.6 Å². The van der Waals surface area contributed by atoms with Crippen LogP contribution in [0, 0.1) is 6.92 Å². The van der Waals surface area contributed by atoms with E-state index in [1.165, 1.54) is 0 Å². The number of methoxy groups -OCH3 is 1. The summed E-state index contributed by atoms with van der Waals surface area (Å²) in [7, 11) is 1.54. The van der Waals surface area contributed by atoms with E-state index in [0.29, 0.717) is 29.6 Å². The van der Waals surface area contributed by atoms with Crippen LogP contribution < -0.4 is 9.47 Å². The van der Waals surface area contributed by atoms with Crippen molar-refractivity contribution in [3.63, 3.8) is 0 Å². The van der Waals surface area contributed by atoms with E-state index < -0.39 is 12.1 Å². The highest BCUT2D eigenvalue weighted by atomic mass is 16.6. The normalized spacial score (nSPS) is 11.7. The van der Waals surface area contributed by atoms with E-state index >= 15 is 0 Å². The van der Waals surface area contributed by atoms with Crippen LogP contribution in [-0.2, 0) is 4.74 Å². The third kappa shape index (κ3) is 4.31. The molecule has 0 saturated carbocycles. The first-order valence-electron chi connectivity index (χ1n) is 8.94. The first-order valence-corrected chi connectivity index (χ1v) is 8.94. The predicted octanol–water partition coefficient (Wildman–Crippen LogP) is 4.37. The molecule has 0 bridgehead atoms. The zero-order valence-electron chi connectivity index (χ0n) is 16.3. The highest BCUT2D eigenvalue weighted by Crippen LogP contribution is 2.29. The molecule has 0 saturated heterocycles. The Hall–Kier alpha value is -3.35. The lowest BCUT2D eigenvalue weighted by atomic mass is 10.1. The second kappa shape index (κ2) is 8.56. The smallest absolute Gasteiger partial charge is 0.339 e. The van der Waals surface area contributed by atoms with Crippen LogP contribution >= 0.6 is 0 Å². The van der Waals surface area contributed by atoms with Gasteiger partial charge in [-0.05, 0) is 51.1 Å². The van der Waals surface area contributed by atoms with E-state index in [1.54, 1.807) is 32.2 Å². The summed E-state index contributed by atoms with van der Waals surface area (Å²) in [6, 6.07) is 12.6. The van der Waals surface area contributed by atoms with Crippen LogP contribution in [0.15, 0.2) is 46.9 Å². The highest BCUT2D eigenvalue weighted by molar-refractivity contribution is 5.90. The number of esters is 1. The molecule has 0 radical (unpaired) electrons. The fourth-order valence-electron chi connectivity index (χ4n) is 2.56. The molecule has 2 aromatic carbocycles. The first-order chi connectivity index (χ1) is 13.5. The lowest BCUT2D eigenvalue weighted by Gasteiger charge is -2.12. The van der Waals surface area contributed by atoms with E-state index in [4.69, 9.17) is 18.6 Å². The molecule has 1 heterocycles. The second-order valence-electron chi connectivity index (χ2n) is 6.16. The molecule has 7 heteroatoms. The number of carbonyl (C=O) groups is 1. The Morgan fingerprint density at radius 3 is 2.54 bits per heavy atom. The second-order valence-corrected chi connectivity index (χ2v) is 6.16. The zero-order valence-corrected chi connectivity index (χ0v) is 16.3. The van der Waals surface area contributed by atoms with Gasteiger partial charge in [-0.3, -0.25) is 0 Å². The highest BCUT2D eigenvalue weighted by Gasteiger charge is 2.21. The third-order valence-electron chi connectivity index (χ3n) is 4.07. The van der Waals surface area contributed by atoms with Crippen molar-refractivity contribution in [2.45, 2.75) is 26.9 Å². The molecule has 0 N–H and O–H groups in total. The molecule has 1 atom stereocenters. The molecule has 3 aromatic rings. The van der Waals surface area contributed by atoms with Crippen LogP contribution in [0.1, 0.15) is 41.8 Å². The molecule has 146 valence electrons. The number of aryl methyl sites for hydroxylation is 1. The zero-order chi connectivity index (χ0) is 20.1. The average molecular weight is 382 g/mol. The molecule has 0 spiro atoms. The summed E-state index contributed by atoms with van der Waals surface area (Å²) in [4.78, 5) is 12.5. The molecule has 0 aliphatic carbocycles. The minimum Gasteiger partial charge on any atom is -0.493 e. The standard InChI is InChI=1S/C21H22N2O5/c1-5-26-18-12-16(10-11-17(18)25-4)21(24)27-14(3)19-22-23-20(28-19)15-8-6-13(2)7-9-15/h6-12,14H,5H2,1-4H3. The van der Waals surface area contributed by atoms with E-state index in [9.17, 15) is 4.79 Å². The van der Waals surface area contributed by atoms with Crippen molar-refractivity contribution in [2.24, 2.45) is 0 Å². The summed E-state index contributed by atoms with van der Waals surface area (Å²) in [5, 5.41) is 8.03. The molecule has 3 rings (SSSR count). The summed E-state index contributed by atoms with van der Waals surface area (Å²) in [5.41, 5.74) is 2.28. The number of ether oxygens (including phenoxy) is 3. The van der Waals surface area contributed by atoms with Crippen molar-refractivity contribution in [1.82, 2.24) is 10.2 Å². The van der Waals surface area contributed by atoms with Crippen molar-refractivity contribution >= 4 is 5.97 Å². The Morgan fingerprint density at radius 2 is 1.86 bits per heavy atom.